The third-order valence-electron chi connectivity index (χ3n) is 3.74. The average molecular weight is 371 g/mol. The highest BCUT2D eigenvalue weighted by Gasteiger charge is 2.13. The van der Waals surface area contributed by atoms with Crippen molar-refractivity contribution < 1.29 is 4.39 Å². The maximum absolute atomic E-state index is 13.9. The summed E-state index contributed by atoms with van der Waals surface area (Å²) in [5.41, 5.74) is 2.10. The molecule has 0 aliphatic heterocycles. The Balaban J connectivity index is 1.68. The van der Waals surface area contributed by atoms with Crippen LogP contribution in [0.5, 0.6) is 0 Å². The molecule has 4 rings (SSSR count). The molecule has 2 heterocycles. The van der Waals surface area contributed by atoms with Gasteiger partial charge in [-0.2, -0.15) is 5.10 Å². The van der Waals surface area contributed by atoms with Crippen LogP contribution in [-0.2, 0) is 5.75 Å². The van der Waals surface area contributed by atoms with Crippen LogP contribution in [0.4, 0.5) is 4.39 Å². The summed E-state index contributed by atoms with van der Waals surface area (Å²) < 4.78 is 15.7. The molecule has 0 atom stereocenters. The van der Waals surface area contributed by atoms with E-state index >= 15 is 0 Å². The molecule has 0 spiro atoms. The molecule has 2 aromatic heterocycles. The second-order valence-corrected chi connectivity index (χ2v) is 6.67. The van der Waals surface area contributed by atoms with E-state index in [9.17, 15) is 4.39 Å². The predicted octanol–water partition coefficient (Wildman–Crippen LogP) is 4.90. The molecule has 0 aliphatic rings. The van der Waals surface area contributed by atoms with E-state index in [-0.39, 0.29) is 5.82 Å². The van der Waals surface area contributed by atoms with Crippen molar-refractivity contribution in [1.82, 2.24) is 19.7 Å². The van der Waals surface area contributed by atoms with Crippen LogP contribution in [0.3, 0.4) is 0 Å². The number of aromatic nitrogens is 4. The van der Waals surface area contributed by atoms with Crippen LogP contribution < -0.4 is 0 Å². The van der Waals surface area contributed by atoms with Crippen LogP contribution >= 0.6 is 23.4 Å². The lowest BCUT2D eigenvalue weighted by molar-refractivity contribution is 0.617. The summed E-state index contributed by atoms with van der Waals surface area (Å²) >= 11 is 7.51. The van der Waals surface area contributed by atoms with Crippen molar-refractivity contribution in [2.24, 2.45) is 0 Å². The zero-order valence-corrected chi connectivity index (χ0v) is 14.5. The molecule has 0 radical (unpaired) electrons. The predicted molar refractivity (Wildman–Crippen MR) is 97.6 cm³/mol. The quantitative estimate of drug-likeness (QED) is 0.378. The van der Waals surface area contributed by atoms with Crippen molar-refractivity contribution in [3.8, 4) is 5.69 Å². The standard InChI is InChI=1S/C18H12ClFN4S/c19-15-7-4-8-16(20)14(15)10-25-18-13-9-23-24(17(13)21-11-22-18)12-5-2-1-3-6-12/h1-9,11H,10H2. The normalized spacial score (nSPS) is 11.1. The van der Waals surface area contributed by atoms with Gasteiger partial charge in [0.15, 0.2) is 5.65 Å². The van der Waals surface area contributed by atoms with Gasteiger partial charge in [0.1, 0.15) is 17.2 Å². The lowest BCUT2D eigenvalue weighted by Gasteiger charge is -2.06. The van der Waals surface area contributed by atoms with E-state index < -0.39 is 0 Å². The van der Waals surface area contributed by atoms with Gasteiger partial charge in [-0.15, -0.1) is 11.8 Å². The van der Waals surface area contributed by atoms with Crippen molar-refractivity contribution in [1.29, 1.82) is 0 Å². The van der Waals surface area contributed by atoms with Crippen molar-refractivity contribution in [3.05, 3.63) is 77.5 Å². The van der Waals surface area contributed by atoms with E-state index in [4.69, 9.17) is 11.6 Å². The molecule has 7 heteroatoms. The van der Waals surface area contributed by atoms with Crippen molar-refractivity contribution >= 4 is 34.4 Å². The van der Waals surface area contributed by atoms with Crippen molar-refractivity contribution in [2.45, 2.75) is 10.8 Å². The highest BCUT2D eigenvalue weighted by Crippen LogP contribution is 2.31. The molecule has 0 saturated heterocycles. The molecule has 0 N–H and O–H groups in total. The van der Waals surface area contributed by atoms with Gasteiger partial charge in [0.05, 0.1) is 17.3 Å². The number of hydrogen-bond donors (Lipinski definition) is 0. The average Bonchev–Trinajstić information content (AvgIpc) is 3.07. The van der Waals surface area contributed by atoms with Gasteiger partial charge in [-0.25, -0.2) is 19.0 Å². The van der Waals surface area contributed by atoms with E-state index in [1.54, 1.807) is 23.0 Å². The summed E-state index contributed by atoms with van der Waals surface area (Å²) in [5.74, 6) is 0.0685. The maximum Gasteiger partial charge on any atom is 0.167 e. The number of rotatable bonds is 4. The lowest BCUT2D eigenvalue weighted by Crippen LogP contribution is -1.97. The number of nitrogens with zero attached hydrogens (tertiary/aromatic N) is 4. The van der Waals surface area contributed by atoms with Crippen molar-refractivity contribution in [2.75, 3.05) is 0 Å². The molecule has 0 amide bonds. The third kappa shape index (κ3) is 3.10. The topological polar surface area (TPSA) is 43.6 Å². The highest BCUT2D eigenvalue weighted by molar-refractivity contribution is 7.98. The van der Waals surface area contributed by atoms with Gasteiger partial charge < -0.3 is 0 Å². The molecule has 0 fully saturated rings. The second kappa shape index (κ2) is 6.82. The summed E-state index contributed by atoms with van der Waals surface area (Å²) in [6.07, 6.45) is 3.22. The Morgan fingerprint density at radius 1 is 1.04 bits per heavy atom. The molecule has 4 aromatic rings. The number of para-hydroxylation sites is 1. The van der Waals surface area contributed by atoms with Gasteiger partial charge in [-0.05, 0) is 24.3 Å². The molecular weight excluding hydrogens is 359 g/mol. The fourth-order valence-corrected chi connectivity index (χ4v) is 3.81. The van der Waals surface area contributed by atoms with E-state index in [0.717, 1.165) is 16.1 Å². The number of thioether (sulfide) groups is 1. The van der Waals surface area contributed by atoms with Gasteiger partial charge in [0, 0.05) is 16.3 Å². The Kier molecular flexibility index (Phi) is 4.38. The first-order valence-electron chi connectivity index (χ1n) is 7.54. The fourth-order valence-electron chi connectivity index (χ4n) is 2.51. The van der Waals surface area contributed by atoms with Gasteiger partial charge in [0.25, 0.3) is 0 Å². The second-order valence-electron chi connectivity index (χ2n) is 5.30. The third-order valence-corrected chi connectivity index (χ3v) is 5.13. The Morgan fingerprint density at radius 2 is 1.88 bits per heavy atom. The minimum absolute atomic E-state index is 0.315. The Hall–Kier alpha value is -2.44. The van der Waals surface area contributed by atoms with Crippen LogP contribution in [0.2, 0.25) is 5.02 Å². The first-order valence-corrected chi connectivity index (χ1v) is 8.90. The monoisotopic (exact) mass is 370 g/mol. The first kappa shape index (κ1) is 16.1. The molecular formula is C18H12ClFN4S. The van der Waals surface area contributed by atoms with E-state index in [2.05, 4.69) is 15.1 Å². The summed E-state index contributed by atoms with van der Waals surface area (Å²) in [5, 5.41) is 6.40. The minimum atomic E-state index is -0.315. The van der Waals surface area contributed by atoms with Crippen LogP contribution in [0.25, 0.3) is 16.7 Å². The van der Waals surface area contributed by atoms with Crippen LogP contribution in [0, 0.1) is 5.82 Å². The van der Waals surface area contributed by atoms with E-state index in [1.807, 2.05) is 30.3 Å². The number of halogens is 2. The van der Waals surface area contributed by atoms with Crippen LogP contribution in [0.1, 0.15) is 5.56 Å². The summed E-state index contributed by atoms with van der Waals surface area (Å²) in [6.45, 7) is 0. The van der Waals surface area contributed by atoms with E-state index in [1.165, 1.54) is 24.2 Å². The maximum atomic E-state index is 13.9. The Bertz CT molecular complexity index is 1020. The molecule has 0 aliphatic carbocycles. The summed E-state index contributed by atoms with van der Waals surface area (Å²) in [7, 11) is 0. The minimum Gasteiger partial charge on any atom is -0.229 e. The van der Waals surface area contributed by atoms with Gasteiger partial charge >= 0.3 is 0 Å². The number of fused-ring (bicyclic) bond motifs is 1. The first-order chi connectivity index (χ1) is 12.2. The highest BCUT2D eigenvalue weighted by atomic mass is 35.5. The van der Waals surface area contributed by atoms with Crippen molar-refractivity contribution in [3.63, 3.8) is 0 Å². The van der Waals surface area contributed by atoms with Gasteiger partial charge in [0.2, 0.25) is 0 Å². The molecule has 124 valence electrons. The lowest BCUT2D eigenvalue weighted by atomic mass is 10.2. The zero-order valence-electron chi connectivity index (χ0n) is 12.9. The van der Waals surface area contributed by atoms with Gasteiger partial charge in [-0.3, -0.25) is 0 Å². The Morgan fingerprint density at radius 3 is 2.68 bits per heavy atom. The molecule has 2 aromatic carbocycles. The molecule has 4 nitrogen and oxygen atoms in total. The molecule has 0 bridgehead atoms. The SMILES string of the molecule is Fc1cccc(Cl)c1CSc1ncnc2c1cnn2-c1ccccc1. The van der Waals surface area contributed by atoms with Crippen LogP contribution in [0.15, 0.2) is 66.1 Å². The molecule has 0 saturated carbocycles. The summed E-state index contributed by atoms with van der Waals surface area (Å²) in [4.78, 5) is 8.67. The fraction of sp³-hybridized carbons (Fsp3) is 0.0556. The molecule has 25 heavy (non-hydrogen) atoms. The number of benzene rings is 2. The largest absolute Gasteiger partial charge is 0.229 e. The Labute approximate surface area is 152 Å². The van der Waals surface area contributed by atoms with Crippen LogP contribution in [-0.4, -0.2) is 19.7 Å². The number of hydrogen-bond acceptors (Lipinski definition) is 4. The molecule has 0 unspecified atom stereocenters. The smallest absolute Gasteiger partial charge is 0.167 e. The van der Waals surface area contributed by atoms with Gasteiger partial charge in [-0.1, -0.05) is 35.9 Å². The zero-order chi connectivity index (χ0) is 17.2. The summed E-state index contributed by atoms with van der Waals surface area (Å²) in [6, 6.07) is 14.4. The van der Waals surface area contributed by atoms with E-state index in [0.29, 0.717) is 22.0 Å².